The van der Waals surface area contributed by atoms with E-state index in [-0.39, 0.29) is 23.3 Å². The number of unbranched alkanes of at least 4 members (excludes halogenated alkanes) is 6. The molecule has 1 aromatic carbocycles. The standard InChI is InChI=1S/C22H34N4O3/c1-4-6-8-10-12-20(27)25-23-16-18-14-17(3)15-19(22(18)29)24-26-21(28)13-11-9-7-5-2/h14-16,29H,4-13H2,1-3H3,(H,25,27). The van der Waals surface area contributed by atoms with E-state index in [1.807, 2.05) is 6.92 Å². The van der Waals surface area contributed by atoms with Crippen molar-refractivity contribution in [1.82, 2.24) is 5.43 Å². The third-order valence-electron chi connectivity index (χ3n) is 4.43. The van der Waals surface area contributed by atoms with Gasteiger partial charge in [0.15, 0.2) is 5.75 Å². The maximum Gasteiger partial charge on any atom is 0.264 e. The first kappa shape index (κ1) is 24.5. The highest BCUT2D eigenvalue weighted by Gasteiger charge is 2.08. The second kappa shape index (κ2) is 14.4. The summed E-state index contributed by atoms with van der Waals surface area (Å²) >= 11 is 0. The van der Waals surface area contributed by atoms with Crippen LogP contribution in [0.4, 0.5) is 5.69 Å². The molecule has 0 heterocycles. The molecule has 2 amide bonds. The summed E-state index contributed by atoms with van der Waals surface area (Å²) < 4.78 is 0. The van der Waals surface area contributed by atoms with E-state index in [4.69, 9.17) is 0 Å². The first-order valence-corrected chi connectivity index (χ1v) is 10.6. The van der Waals surface area contributed by atoms with Crippen LogP contribution >= 0.6 is 0 Å². The molecule has 0 unspecified atom stereocenters. The third-order valence-corrected chi connectivity index (χ3v) is 4.43. The summed E-state index contributed by atoms with van der Waals surface area (Å²) in [6, 6.07) is 3.37. The Morgan fingerprint density at radius 3 is 2.31 bits per heavy atom. The van der Waals surface area contributed by atoms with Gasteiger partial charge in [0.1, 0.15) is 5.69 Å². The number of amides is 2. The van der Waals surface area contributed by atoms with E-state index in [0.29, 0.717) is 18.4 Å². The van der Waals surface area contributed by atoms with E-state index in [1.54, 1.807) is 12.1 Å². The van der Waals surface area contributed by atoms with Crippen molar-refractivity contribution in [2.75, 3.05) is 0 Å². The number of carbonyl (C=O) groups is 2. The fourth-order valence-electron chi connectivity index (χ4n) is 2.77. The van der Waals surface area contributed by atoms with Crippen LogP contribution in [0.25, 0.3) is 0 Å². The Balaban J connectivity index is 2.65. The smallest absolute Gasteiger partial charge is 0.264 e. The first-order chi connectivity index (χ1) is 14.0. The van der Waals surface area contributed by atoms with Gasteiger partial charge in [-0.3, -0.25) is 9.59 Å². The highest BCUT2D eigenvalue weighted by Crippen LogP contribution is 2.31. The lowest BCUT2D eigenvalue weighted by atomic mass is 10.1. The van der Waals surface area contributed by atoms with Crippen LogP contribution in [0.1, 0.15) is 89.2 Å². The van der Waals surface area contributed by atoms with Crippen LogP contribution in [0, 0.1) is 6.92 Å². The predicted octanol–water partition coefficient (Wildman–Crippen LogP) is 5.70. The maximum atomic E-state index is 11.8. The van der Waals surface area contributed by atoms with Crippen molar-refractivity contribution in [3.8, 4) is 5.75 Å². The van der Waals surface area contributed by atoms with E-state index in [0.717, 1.165) is 56.9 Å². The fraction of sp³-hybridized carbons (Fsp3) is 0.591. The molecule has 0 spiro atoms. The Kier molecular flexibility index (Phi) is 12.2. The van der Waals surface area contributed by atoms with Crippen molar-refractivity contribution in [3.63, 3.8) is 0 Å². The van der Waals surface area contributed by atoms with Crippen LogP contribution in [0.2, 0.25) is 0 Å². The highest BCUT2D eigenvalue weighted by atomic mass is 16.3. The zero-order chi connectivity index (χ0) is 21.5. The van der Waals surface area contributed by atoms with E-state index >= 15 is 0 Å². The number of phenolic OH excluding ortho intramolecular Hbond substituents is 1. The lowest BCUT2D eigenvalue weighted by Crippen LogP contribution is -2.16. The quantitative estimate of drug-likeness (QED) is 0.191. The number of nitrogens with zero attached hydrogens (tertiary/aromatic N) is 3. The largest absolute Gasteiger partial charge is 0.505 e. The molecule has 0 aliphatic carbocycles. The van der Waals surface area contributed by atoms with Crippen LogP contribution in [0.3, 0.4) is 0 Å². The fourth-order valence-corrected chi connectivity index (χ4v) is 2.77. The van der Waals surface area contributed by atoms with Crippen LogP contribution in [-0.4, -0.2) is 23.1 Å². The normalized spacial score (nSPS) is 11.4. The molecule has 1 rings (SSSR count). The summed E-state index contributed by atoms with van der Waals surface area (Å²) in [5.41, 5.74) is 3.91. The van der Waals surface area contributed by atoms with E-state index in [2.05, 4.69) is 34.6 Å². The Labute approximate surface area is 173 Å². The molecule has 0 aliphatic heterocycles. The zero-order valence-corrected chi connectivity index (χ0v) is 17.9. The van der Waals surface area contributed by atoms with Gasteiger partial charge in [-0.1, -0.05) is 52.4 Å². The van der Waals surface area contributed by atoms with Gasteiger partial charge in [-0.15, -0.1) is 10.2 Å². The number of nitrogens with one attached hydrogen (secondary N) is 1. The lowest BCUT2D eigenvalue weighted by molar-refractivity contribution is -0.121. The van der Waals surface area contributed by atoms with Gasteiger partial charge in [0.25, 0.3) is 5.91 Å². The lowest BCUT2D eigenvalue weighted by Gasteiger charge is -2.05. The molecular formula is C22H34N4O3. The molecule has 0 aliphatic rings. The molecule has 0 fully saturated rings. The molecule has 160 valence electrons. The monoisotopic (exact) mass is 402 g/mol. The molecule has 0 aromatic heterocycles. The number of benzene rings is 1. The highest BCUT2D eigenvalue weighted by molar-refractivity contribution is 5.88. The van der Waals surface area contributed by atoms with Gasteiger partial charge in [-0.2, -0.15) is 5.10 Å². The molecule has 0 saturated carbocycles. The Bertz CT molecular complexity index is 714. The summed E-state index contributed by atoms with van der Waals surface area (Å²) in [6.07, 6.45) is 10.3. The Morgan fingerprint density at radius 1 is 1.00 bits per heavy atom. The zero-order valence-electron chi connectivity index (χ0n) is 17.9. The molecule has 0 radical (unpaired) electrons. The van der Waals surface area contributed by atoms with Gasteiger partial charge >= 0.3 is 0 Å². The SMILES string of the molecule is CCCCCCC(=O)N=Nc1cc(C)cc(C=NNC(=O)CCCCCC)c1O. The maximum absolute atomic E-state index is 11.8. The minimum absolute atomic E-state index is 0.126. The molecule has 0 bridgehead atoms. The van der Waals surface area contributed by atoms with E-state index < -0.39 is 0 Å². The number of azo groups is 1. The summed E-state index contributed by atoms with van der Waals surface area (Å²) in [5.74, 6) is -0.579. The summed E-state index contributed by atoms with van der Waals surface area (Å²) in [5, 5.41) is 21.9. The van der Waals surface area contributed by atoms with Crippen molar-refractivity contribution >= 4 is 23.7 Å². The number of aromatic hydroxyl groups is 1. The number of carbonyl (C=O) groups excluding carboxylic acids is 2. The van der Waals surface area contributed by atoms with Gasteiger partial charge in [-0.05, 0) is 37.5 Å². The van der Waals surface area contributed by atoms with Gasteiger partial charge in [0, 0.05) is 18.4 Å². The third kappa shape index (κ3) is 10.5. The Hall–Kier alpha value is -2.57. The van der Waals surface area contributed by atoms with Crippen LogP contribution in [0.5, 0.6) is 5.75 Å². The number of hydrogen-bond acceptors (Lipinski definition) is 5. The number of aryl methyl sites for hydroxylation is 1. The average molecular weight is 403 g/mol. The van der Waals surface area contributed by atoms with Gasteiger partial charge < -0.3 is 5.11 Å². The number of hydrogen-bond donors (Lipinski definition) is 2. The van der Waals surface area contributed by atoms with Crippen LogP contribution in [0.15, 0.2) is 27.5 Å². The topological polar surface area (TPSA) is 103 Å². The molecule has 1 aromatic rings. The molecule has 0 atom stereocenters. The molecule has 0 saturated heterocycles. The number of rotatable bonds is 13. The first-order valence-electron chi connectivity index (χ1n) is 10.6. The molecule has 29 heavy (non-hydrogen) atoms. The number of phenols is 1. The molecule has 7 heteroatoms. The molecular weight excluding hydrogens is 368 g/mol. The van der Waals surface area contributed by atoms with E-state index in [1.165, 1.54) is 6.21 Å². The minimum Gasteiger partial charge on any atom is -0.505 e. The Morgan fingerprint density at radius 2 is 1.66 bits per heavy atom. The van der Waals surface area contributed by atoms with Crippen molar-refractivity contribution < 1.29 is 14.7 Å². The molecule has 7 nitrogen and oxygen atoms in total. The van der Waals surface area contributed by atoms with Crippen molar-refractivity contribution in [2.24, 2.45) is 15.3 Å². The minimum atomic E-state index is -0.299. The van der Waals surface area contributed by atoms with Gasteiger partial charge in [0.2, 0.25) is 5.91 Å². The average Bonchev–Trinajstić information content (AvgIpc) is 2.69. The van der Waals surface area contributed by atoms with Crippen LogP contribution < -0.4 is 5.43 Å². The summed E-state index contributed by atoms with van der Waals surface area (Å²) in [6.45, 7) is 6.08. The van der Waals surface area contributed by atoms with Gasteiger partial charge in [0.05, 0.1) is 6.21 Å². The summed E-state index contributed by atoms with van der Waals surface area (Å²) in [7, 11) is 0. The van der Waals surface area contributed by atoms with Crippen LogP contribution in [-0.2, 0) is 9.59 Å². The van der Waals surface area contributed by atoms with Crippen molar-refractivity contribution in [3.05, 3.63) is 23.3 Å². The molecule has 2 N–H and O–H groups in total. The van der Waals surface area contributed by atoms with Gasteiger partial charge in [-0.25, -0.2) is 5.43 Å². The number of hydrazone groups is 1. The van der Waals surface area contributed by atoms with Crippen molar-refractivity contribution in [2.45, 2.75) is 85.0 Å². The summed E-state index contributed by atoms with van der Waals surface area (Å²) in [4.78, 5) is 23.6. The second-order valence-electron chi connectivity index (χ2n) is 7.23. The predicted molar refractivity (Wildman–Crippen MR) is 116 cm³/mol. The van der Waals surface area contributed by atoms with E-state index in [9.17, 15) is 14.7 Å². The van der Waals surface area contributed by atoms with Crippen molar-refractivity contribution in [1.29, 1.82) is 0 Å². The second-order valence-corrected chi connectivity index (χ2v) is 7.23.